The topological polar surface area (TPSA) is 80.8 Å². The molecule has 2 aromatic carbocycles. The third-order valence-corrected chi connectivity index (χ3v) is 7.14. The zero-order valence-electron chi connectivity index (χ0n) is 19.0. The zero-order valence-corrected chi connectivity index (χ0v) is 20.6. The number of carbonyl (C=O) groups excluding carboxylic acids is 2. The Morgan fingerprint density at radius 2 is 1.97 bits per heavy atom. The van der Waals surface area contributed by atoms with E-state index in [0.29, 0.717) is 17.1 Å². The van der Waals surface area contributed by atoms with Gasteiger partial charge in [0.15, 0.2) is 0 Å². The summed E-state index contributed by atoms with van der Waals surface area (Å²) >= 11 is 7.47. The molecule has 0 aliphatic carbocycles. The van der Waals surface area contributed by atoms with Crippen molar-refractivity contribution >= 4 is 40.7 Å². The maximum absolute atomic E-state index is 12.5. The first-order chi connectivity index (χ1) is 16.4. The van der Waals surface area contributed by atoms with Gasteiger partial charge in [0.2, 0.25) is 0 Å². The van der Waals surface area contributed by atoms with Gasteiger partial charge in [0.25, 0.3) is 0 Å². The number of rotatable bonds is 6. The third-order valence-electron chi connectivity index (χ3n) is 5.71. The molecule has 34 heavy (non-hydrogen) atoms. The van der Waals surface area contributed by atoms with Crippen LogP contribution in [-0.4, -0.2) is 43.3 Å². The lowest BCUT2D eigenvalue weighted by molar-refractivity contribution is 0.0601. The number of para-hydroxylation sites is 1. The highest BCUT2D eigenvalue weighted by Gasteiger charge is 2.25. The van der Waals surface area contributed by atoms with Crippen molar-refractivity contribution in [1.82, 2.24) is 10.3 Å². The van der Waals surface area contributed by atoms with Crippen molar-refractivity contribution in [3.05, 3.63) is 69.7 Å². The van der Waals surface area contributed by atoms with Gasteiger partial charge in [-0.25, -0.2) is 14.6 Å². The molecule has 7 nitrogen and oxygen atoms in total. The number of thiazole rings is 1. The number of aryl methyl sites for hydroxylation is 1. The number of nitrogens with zero attached hydrogens (tertiary/aromatic N) is 2. The second kappa shape index (κ2) is 10.9. The molecular formula is C25H26ClN3O4S. The van der Waals surface area contributed by atoms with E-state index in [1.165, 1.54) is 18.4 Å². The van der Waals surface area contributed by atoms with Crippen LogP contribution in [0.25, 0.3) is 10.6 Å². The van der Waals surface area contributed by atoms with Gasteiger partial charge in [0, 0.05) is 29.7 Å². The highest BCUT2D eigenvalue weighted by Crippen LogP contribution is 2.29. The minimum atomic E-state index is -0.464. The number of piperidine rings is 1. The molecule has 3 aromatic rings. The molecule has 2 heterocycles. The Balaban J connectivity index is 1.34. The summed E-state index contributed by atoms with van der Waals surface area (Å²) < 4.78 is 10.4. The number of anilines is 1. The van der Waals surface area contributed by atoms with E-state index in [-0.39, 0.29) is 18.6 Å². The summed E-state index contributed by atoms with van der Waals surface area (Å²) in [7, 11) is 1.37. The van der Waals surface area contributed by atoms with Crippen LogP contribution in [0.1, 0.15) is 33.8 Å². The first-order valence-electron chi connectivity index (χ1n) is 11.0. The summed E-state index contributed by atoms with van der Waals surface area (Å²) in [4.78, 5) is 32.3. The number of halogens is 1. The van der Waals surface area contributed by atoms with Gasteiger partial charge < -0.3 is 19.7 Å². The normalized spacial score (nSPS) is 15.6. The molecule has 0 radical (unpaired) electrons. The third kappa shape index (κ3) is 5.69. The van der Waals surface area contributed by atoms with Crippen molar-refractivity contribution in [3.63, 3.8) is 0 Å². The SMILES string of the molecule is COC(=O)c1ccccc1N1CCCC(NC(=O)OCc2sc(-c3ccc(Cl)cc3)nc2C)C1. The van der Waals surface area contributed by atoms with Crippen molar-refractivity contribution in [2.45, 2.75) is 32.4 Å². The van der Waals surface area contributed by atoms with E-state index in [0.717, 1.165) is 46.2 Å². The smallest absolute Gasteiger partial charge is 0.407 e. The summed E-state index contributed by atoms with van der Waals surface area (Å²) in [5.74, 6) is -0.372. The number of hydrogen-bond acceptors (Lipinski definition) is 7. The summed E-state index contributed by atoms with van der Waals surface area (Å²) in [6.07, 6.45) is 1.26. The predicted octanol–water partition coefficient (Wildman–Crippen LogP) is 5.45. The van der Waals surface area contributed by atoms with Crippen molar-refractivity contribution < 1.29 is 19.1 Å². The summed E-state index contributed by atoms with van der Waals surface area (Å²) in [5.41, 5.74) is 3.14. The predicted molar refractivity (Wildman–Crippen MR) is 134 cm³/mol. The van der Waals surface area contributed by atoms with Crippen LogP contribution in [0.4, 0.5) is 10.5 Å². The number of ether oxygens (including phenoxy) is 2. The van der Waals surface area contributed by atoms with Crippen LogP contribution in [0.5, 0.6) is 0 Å². The summed E-state index contributed by atoms with van der Waals surface area (Å²) in [6.45, 7) is 3.45. The van der Waals surface area contributed by atoms with Crippen LogP contribution >= 0.6 is 22.9 Å². The Bertz CT molecular complexity index is 1170. The van der Waals surface area contributed by atoms with Crippen LogP contribution in [0.2, 0.25) is 5.02 Å². The Morgan fingerprint density at radius 1 is 1.21 bits per heavy atom. The molecule has 1 N–H and O–H groups in total. The van der Waals surface area contributed by atoms with Gasteiger partial charge in [-0.3, -0.25) is 0 Å². The first kappa shape index (κ1) is 24.0. The molecule has 1 fully saturated rings. The van der Waals surface area contributed by atoms with Crippen molar-refractivity contribution in [2.24, 2.45) is 0 Å². The molecule has 4 rings (SSSR count). The minimum absolute atomic E-state index is 0.0841. The van der Waals surface area contributed by atoms with Gasteiger partial charge in [0.05, 0.1) is 28.9 Å². The van der Waals surface area contributed by atoms with Crippen molar-refractivity contribution in [2.75, 3.05) is 25.1 Å². The molecule has 178 valence electrons. The highest BCUT2D eigenvalue weighted by molar-refractivity contribution is 7.15. The molecule has 1 aromatic heterocycles. The number of alkyl carbamates (subject to hydrolysis) is 1. The molecular weight excluding hydrogens is 474 g/mol. The number of esters is 1. The Kier molecular flexibility index (Phi) is 7.70. The second-order valence-corrected chi connectivity index (χ2v) is 9.57. The number of methoxy groups -OCH3 is 1. The van der Waals surface area contributed by atoms with E-state index in [9.17, 15) is 9.59 Å². The molecule has 0 spiro atoms. The van der Waals surface area contributed by atoms with E-state index < -0.39 is 6.09 Å². The van der Waals surface area contributed by atoms with E-state index in [1.54, 1.807) is 6.07 Å². The fourth-order valence-electron chi connectivity index (χ4n) is 3.96. The standard InChI is InChI=1S/C25H26ClN3O4S/c1-16-22(34-23(27-16)17-9-11-18(26)12-10-17)15-33-25(31)28-19-6-5-13-29(14-19)21-8-4-3-7-20(21)24(30)32-2/h3-4,7-12,19H,5-6,13-15H2,1-2H3,(H,28,31). The number of amides is 1. The van der Waals surface area contributed by atoms with Gasteiger partial charge in [-0.2, -0.15) is 0 Å². The molecule has 1 amide bonds. The lowest BCUT2D eigenvalue weighted by Crippen LogP contribution is -2.48. The zero-order chi connectivity index (χ0) is 24.1. The van der Waals surface area contributed by atoms with E-state index in [2.05, 4.69) is 15.2 Å². The maximum Gasteiger partial charge on any atom is 0.407 e. The number of carbonyl (C=O) groups is 2. The molecule has 1 saturated heterocycles. The molecule has 0 saturated carbocycles. The van der Waals surface area contributed by atoms with E-state index in [4.69, 9.17) is 21.1 Å². The quantitative estimate of drug-likeness (QED) is 0.454. The highest BCUT2D eigenvalue weighted by atomic mass is 35.5. The summed E-state index contributed by atoms with van der Waals surface area (Å²) in [5, 5.41) is 4.50. The van der Waals surface area contributed by atoms with Crippen LogP contribution in [0, 0.1) is 6.92 Å². The molecule has 1 unspecified atom stereocenters. The number of nitrogens with one attached hydrogen (secondary N) is 1. The average Bonchev–Trinajstić information content (AvgIpc) is 3.23. The lowest BCUT2D eigenvalue weighted by atomic mass is 10.0. The van der Waals surface area contributed by atoms with Gasteiger partial charge in [0.1, 0.15) is 11.6 Å². The van der Waals surface area contributed by atoms with E-state index >= 15 is 0 Å². The van der Waals surface area contributed by atoms with Crippen LogP contribution < -0.4 is 10.2 Å². The van der Waals surface area contributed by atoms with Gasteiger partial charge >= 0.3 is 12.1 Å². The Morgan fingerprint density at radius 3 is 2.74 bits per heavy atom. The molecule has 9 heteroatoms. The Hall–Kier alpha value is -3.10. The average molecular weight is 500 g/mol. The molecule has 0 bridgehead atoms. The van der Waals surface area contributed by atoms with Crippen molar-refractivity contribution in [3.8, 4) is 10.6 Å². The molecule has 1 aliphatic rings. The van der Waals surface area contributed by atoms with Crippen LogP contribution in [-0.2, 0) is 16.1 Å². The second-order valence-electron chi connectivity index (χ2n) is 8.05. The molecule has 1 atom stereocenters. The van der Waals surface area contributed by atoms with Crippen LogP contribution in [0.3, 0.4) is 0 Å². The number of hydrogen-bond donors (Lipinski definition) is 1. The van der Waals surface area contributed by atoms with E-state index in [1.807, 2.05) is 49.4 Å². The minimum Gasteiger partial charge on any atom is -0.465 e. The first-order valence-corrected chi connectivity index (χ1v) is 12.2. The number of benzene rings is 2. The summed E-state index contributed by atoms with van der Waals surface area (Å²) in [6, 6.07) is 14.8. The van der Waals surface area contributed by atoms with Gasteiger partial charge in [-0.15, -0.1) is 11.3 Å². The fourth-order valence-corrected chi connectivity index (χ4v) is 5.07. The van der Waals surface area contributed by atoms with Gasteiger partial charge in [-0.1, -0.05) is 35.9 Å². The monoisotopic (exact) mass is 499 g/mol. The van der Waals surface area contributed by atoms with Gasteiger partial charge in [-0.05, 0) is 44.0 Å². The fraction of sp³-hybridized carbons (Fsp3) is 0.320. The van der Waals surface area contributed by atoms with Crippen LogP contribution in [0.15, 0.2) is 48.5 Å². The largest absolute Gasteiger partial charge is 0.465 e. The molecule has 1 aliphatic heterocycles. The van der Waals surface area contributed by atoms with Crippen molar-refractivity contribution in [1.29, 1.82) is 0 Å². The Labute approximate surface area is 207 Å². The lowest BCUT2D eigenvalue weighted by Gasteiger charge is -2.35. The number of aromatic nitrogens is 1. The maximum atomic E-state index is 12.5.